The molecule has 1 heterocycles. The normalized spacial score (nSPS) is 11.5. The number of aromatic nitrogens is 2. The summed E-state index contributed by atoms with van der Waals surface area (Å²) in [6, 6.07) is 3.79. The smallest absolute Gasteiger partial charge is 0.432 e. The van der Waals surface area contributed by atoms with Crippen molar-refractivity contribution in [3.8, 4) is 17.1 Å². The third kappa shape index (κ3) is 3.97. The largest absolute Gasteiger partial charge is 0.484 e. The van der Waals surface area contributed by atoms with Gasteiger partial charge >= 0.3 is 11.9 Å². The predicted octanol–water partition coefficient (Wildman–Crippen LogP) is 3.03. The van der Waals surface area contributed by atoms with Gasteiger partial charge in [0.1, 0.15) is 18.1 Å². The Bertz CT molecular complexity index is 700. The van der Waals surface area contributed by atoms with Crippen LogP contribution in [-0.2, 0) is 10.9 Å². The number of methoxy groups -OCH3 is 1. The molecule has 0 saturated carbocycles. The van der Waals surface area contributed by atoms with Crippen LogP contribution in [0, 0.1) is 10.1 Å². The molecule has 0 bridgehead atoms. The van der Waals surface area contributed by atoms with Gasteiger partial charge in [0.05, 0.1) is 17.7 Å². The van der Waals surface area contributed by atoms with E-state index in [1.54, 1.807) is 0 Å². The Kier molecular flexibility index (Phi) is 4.84. The molecule has 0 aliphatic heterocycles. The lowest BCUT2D eigenvalue weighted by atomic mass is 10.2. The number of nitrogens with one attached hydrogen (secondary N) is 1. The summed E-state index contributed by atoms with van der Waals surface area (Å²) in [5.41, 5.74) is -1.26. The molecule has 2 aromatic rings. The van der Waals surface area contributed by atoms with Crippen molar-refractivity contribution in [1.29, 1.82) is 0 Å². The highest BCUT2D eigenvalue weighted by Crippen LogP contribution is 2.33. The van der Waals surface area contributed by atoms with Crippen LogP contribution >= 0.6 is 0 Å². The highest BCUT2D eigenvalue weighted by molar-refractivity contribution is 5.63. The summed E-state index contributed by atoms with van der Waals surface area (Å²) in [6.45, 7) is 0.349. The van der Waals surface area contributed by atoms with Crippen molar-refractivity contribution in [2.24, 2.45) is 0 Å². The fraction of sp³-hybridized carbons (Fsp3) is 0.308. The fourth-order valence-corrected chi connectivity index (χ4v) is 1.78. The number of nitro benzene ring substituents is 1. The third-order valence-corrected chi connectivity index (χ3v) is 2.86. The summed E-state index contributed by atoms with van der Waals surface area (Å²) in [4.78, 5) is 16.1. The number of nitro groups is 1. The van der Waals surface area contributed by atoms with Gasteiger partial charge in [-0.25, -0.2) is 4.98 Å². The van der Waals surface area contributed by atoms with Crippen LogP contribution in [0.3, 0.4) is 0 Å². The minimum Gasteiger partial charge on any atom is -0.484 e. The van der Waals surface area contributed by atoms with Crippen molar-refractivity contribution in [3.63, 3.8) is 0 Å². The van der Waals surface area contributed by atoms with Gasteiger partial charge in [-0.05, 0) is 12.1 Å². The minimum absolute atomic E-state index is 0.00148. The molecular weight excluding hydrogens is 319 g/mol. The van der Waals surface area contributed by atoms with Crippen LogP contribution in [0.25, 0.3) is 11.4 Å². The number of halogens is 3. The summed E-state index contributed by atoms with van der Waals surface area (Å²) < 4.78 is 47.6. The molecule has 0 aliphatic carbocycles. The van der Waals surface area contributed by atoms with Crippen LogP contribution in [0.15, 0.2) is 24.4 Å². The van der Waals surface area contributed by atoms with E-state index in [4.69, 9.17) is 9.47 Å². The van der Waals surface area contributed by atoms with Gasteiger partial charge in [-0.2, -0.15) is 13.2 Å². The number of benzene rings is 1. The molecule has 124 valence electrons. The zero-order chi connectivity index (χ0) is 17.0. The van der Waals surface area contributed by atoms with Crippen LogP contribution in [0.1, 0.15) is 5.69 Å². The lowest BCUT2D eigenvalue weighted by Gasteiger charge is -2.07. The van der Waals surface area contributed by atoms with Gasteiger partial charge in [-0.1, -0.05) is 0 Å². The molecule has 1 N–H and O–H groups in total. The highest BCUT2D eigenvalue weighted by atomic mass is 19.4. The van der Waals surface area contributed by atoms with Gasteiger partial charge in [0, 0.05) is 18.7 Å². The van der Waals surface area contributed by atoms with Crippen LogP contribution in [0.5, 0.6) is 5.75 Å². The van der Waals surface area contributed by atoms with Crippen molar-refractivity contribution in [2.45, 2.75) is 6.18 Å². The first kappa shape index (κ1) is 16.7. The average molecular weight is 331 g/mol. The Morgan fingerprint density at radius 2 is 2.09 bits per heavy atom. The quantitative estimate of drug-likeness (QED) is 0.499. The summed E-state index contributed by atoms with van der Waals surface area (Å²) >= 11 is 0. The average Bonchev–Trinajstić information content (AvgIpc) is 2.97. The SMILES string of the molecule is COCCOc1ccc(-c2ncc(C(F)(F)F)[nH]2)cc1[N+](=O)[O-]. The van der Waals surface area contributed by atoms with Gasteiger partial charge in [-0.15, -0.1) is 0 Å². The van der Waals surface area contributed by atoms with E-state index in [9.17, 15) is 23.3 Å². The maximum absolute atomic E-state index is 12.6. The van der Waals surface area contributed by atoms with Crippen molar-refractivity contribution < 1.29 is 27.6 Å². The van der Waals surface area contributed by atoms with E-state index < -0.39 is 16.8 Å². The number of nitrogens with zero attached hydrogens (tertiary/aromatic N) is 2. The molecule has 0 fully saturated rings. The van der Waals surface area contributed by atoms with Gasteiger partial charge in [0.15, 0.2) is 5.75 Å². The molecule has 1 aromatic heterocycles. The standard InChI is InChI=1S/C13H12F3N3O4/c1-22-4-5-23-10-3-2-8(6-9(10)19(20)21)12-17-7-11(18-12)13(14,15)16/h2-3,6-7H,4-5H2,1H3,(H,17,18). The molecule has 10 heteroatoms. The number of imidazole rings is 1. The highest BCUT2D eigenvalue weighted by Gasteiger charge is 2.33. The Labute approximate surface area is 128 Å². The zero-order valence-electron chi connectivity index (χ0n) is 11.9. The summed E-state index contributed by atoms with van der Waals surface area (Å²) in [6.07, 6.45) is -3.94. The molecule has 0 atom stereocenters. The number of alkyl halides is 3. The second-order valence-electron chi connectivity index (χ2n) is 4.42. The van der Waals surface area contributed by atoms with E-state index in [-0.39, 0.29) is 36.0 Å². The van der Waals surface area contributed by atoms with Gasteiger partial charge in [-0.3, -0.25) is 10.1 Å². The first-order valence-electron chi connectivity index (χ1n) is 6.35. The molecule has 7 nitrogen and oxygen atoms in total. The van der Waals surface area contributed by atoms with Gasteiger partial charge in [0.25, 0.3) is 0 Å². The molecule has 0 aliphatic rings. The lowest BCUT2D eigenvalue weighted by molar-refractivity contribution is -0.385. The maximum atomic E-state index is 12.6. The van der Waals surface area contributed by atoms with E-state index in [0.29, 0.717) is 6.20 Å². The molecular formula is C13H12F3N3O4. The van der Waals surface area contributed by atoms with Crippen LogP contribution < -0.4 is 4.74 Å². The zero-order valence-corrected chi connectivity index (χ0v) is 11.9. The van der Waals surface area contributed by atoms with Gasteiger partial charge < -0.3 is 14.5 Å². The molecule has 0 amide bonds. The van der Waals surface area contributed by atoms with Crippen molar-refractivity contribution in [3.05, 3.63) is 40.2 Å². The second-order valence-corrected chi connectivity index (χ2v) is 4.42. The minimum atomic E-state index is -4.57. The Morgan fingerprint density at radius 3 is 2.65 bits per heavy atom. The number of H-pyrrole nitrogens is 1. The maximum Gasteiger partial charge on any atom is 0.432 e. The number of rotatable bonds is 6. The molecule has 0 radical (unpaired) electrons. The molecule has 1 aromatic carbocycles. The third-order valence-electron chi connectivity index (χ3n) is 2.86. The van der Waals surface area contributed by atoms with Crippen LogP contribution in [0.2, 0.25) is 0 Å². The van der Waals surface area contributed by atoms with Crippen molar-refractivity contribution in [2.75, 3.05) is 20.3 Å². The number of aromatic amines is 1. The first-order valence-corrected chi connectivity index (χ1v) is 6.35. The second kappa shape index (κ2) is 6.65. The summed E-state index contributed by atoms with van der Waals surface area (Å²) in [5.74, 6) is -0.123. The molecule has 0 saturated heterocycles. The van der Waals surface area contributed by atoms with E-state index >= 15 is 0 Å². The Hall–Kier alpha value is -2.62. The molecule has 2 rings (SSSR count). The molecule has 0 unspecified atom stereocenters. The van der Waals surface area contributed by atoms with E-state index in [0.717, 1.165) is 6.07 Å². The van der Waals surface area contributed by atoms with Crippen LogP contribution in [-0.4, -0.2) is 35.2 Å². The summed E-state index contributed by atoms with van der Waals surface area (Å²) in [7, 11) is 1.45. The lowest BCUT2D eigenvalue weighted by Crippen LogP contribution is -2.06. The van der Waals surface area contributed by atoms with E-state index in [2.05, 4.69) is 9.97 Å². The number of hydrogen-bond donors (Lipinski definition) is 1. The Balaban J connectivity index is 2.32. The molecule has 0 spiro atoms. The van der Waals surface area contributed by atoms with E-state index in [1.807, 2.05) is 0 Å². The van der Waals surface area contributed by atoms with Gasteiger partial charge in [0.2, 0.25) is 0 Å². The predicted molar refractivity (Wildman–Crippen MR) is 73.1 cm³/mol. The fourth-order valence-electron chi connectivity index (χ4n) is 1.78. The number of ether oxygens (including phenoxy) is 2. The van der Waals surface area contributed by atoms with Crippen LogP contribution in [0.4, 0.5) is 18.9 Å². The first-order chi connectivity index (χ1) is 10.8. The van der Waals surface area contributed by atoms with Crippen molar-refractivity contribution in [1.82, 2.24) is 9.97 Å². The monoisotopic (exact) mass is 331 g/mol. The topological polar surface area (TPSA) is 90.3 Å². The van der Waals surface area contributed by atoms with E-state index in [1.165, 1.54) is 19.2 Å². The number of hydrogen-bond acceptors (Lipinski definition) is 5. The molecule has 23 heavy (non-hydrogen) atoms. The van der Waals surface area contributed by atoms with Crippen molar-refractivity contribution >= 4 is 5.69 Å². The Morgan fingerprint density at radius 1 is 1.35 bits per heavy atom. The summed E-state index contributed by atoms with van der Waals surface area (Å²) in [5, 5.41) is 11.1.